The number of carbonyl (C=O) groups excluding carboxylic acids is 2. The third-order valence-corrected chi connectivity index (χ3v) is 1.76. The number of nitrogens with two attached hydrogens (primary N) is 1. The van der Waals surface area contributed by atoms with Crippen molar-refractivity contribution in [3.05, 3.63) is 0 Å². The molecule has 0 saturated carbocycles. The molecule has 1 fully saturated rings. The summed E-state index contributed by atoms with van der Waals surface area (Å²) in [5, 5.41) is 2.52. The quantitative estimate of drug-likeness (QED) is 0.412. The van der Waals surface area contributed by atoms with Gasteiger partial charge in [0.15, 0.2) is 0 Å². The Morgan fingerprint density at radius 2 is 2.42 bits per heavy atom. The highest BCUT2D eigenvalue weighted by Gasteiger charge is 2.37. The van der Waals surface area contributed by atoms with Gasteiger partial charge in [0, 0.05) is 0 Å². The maximum absolute atomic E-state index is 10.9. The Hall–Kier alpha value is -1.10. The van der Waals surface area contributed by atoms with Gasteiger partial charge in [-0.05, 0) is 6.92 Å². The molecule has 1 saturated heterocycles. The van der Waals surface area contributed by atoms with Crippen molar-refractivity contribution in [1.29, 1.82) is 0 Å². The number of carbonyl (C=O) groups is 2. The number of esters is 1. The largest absolute Gasteiger partial charge is 0.466 e. The summed E-state index contributed by atoms with van der Waals surface area (Å²) >= 11 is 0. The smallest absolute Gasteiger partial charge is 0.307 e. The average molecular weight is 172 g/mol. The van der Waals surface area contributed by atoms with Gasteiger partial charge in [-0.25, -0.2) is 0 Å². The highest BCUT2D eigenvalue weighted by molar-refractivity contribution is 5.90. The third kappa shape index (κ3) is 1.73. The fourth-order valence-electron chi connectivity index (χ4n) is 1.03. The Bertz CT molecular complexity index is 205. The number of β-lactam (4-membered cyclic amide) rings is 1. The van der Waals surface area contributed by atoms with Gasteiger partial charge in [-0.1, -0.05) is 0 Å². The van der Waals surface area contributed by atoms with E-state index >= 15 is 0 Å². The molecular formula is C7H12N2O3. The second-order valence-corrected chi connectivity index (χ2v) is 2.65. The maximum atomic E-state index is 10.9. The van der Waals surface area contributed by atoms with Crippen molar-refractivity contribution in [2.75, 3.05) is 6.61 Å². The first-order valence-corrected chi connectivity index (χ1v) is 3.86. The van der Waals surface area contributed by atoms with Crippen LogP contribution in [0.5, 0.6) is 0 Å². The first-order valence-electron chi connectivity index (χ1n) is 3.86. The summed E-state index contributed by atoms with van der Waals surface area (Å²) in [7, 11) is 0. The molecule has 1 heterocycles. The van der Waals surface area contributed by atoms with Gasteiger partial charge in [-0.3, -0.25) is 9.59 Å². The van der Waals surface area contributed by atoms with Gasteiger partial charge in [0.2, 0.25) is 5.91 Å². The van der Waals surface area contributed by atoms with Crippen molar-refractivity contribution in [2.45, 2.75) is 25.4 Å². The molecule has 1 rings (SSSR count). The highest BCUT2D eigenvalue weighted by atomic mass is 16.5. The summed E-state index contributed by atoms with van der Waals surface area (Å²) in [6.45, 7) is 2.09. The van der Waals surface area contributed by atoms with E-state index in [0.29, 0.717) is 6.61 Å². The molecule has 0 unspecified atom stereocenters. The molecule has 5 heteroatoms. The summed E-state index contributed by atoms with van der Waals surface area (Å²) in [4.78, 5) is 21.5. The molecule has 12 heavy (non-hydrogen) atoms. The van der Waals surface area contributed by atoms with Crippen molar-refractivity contribution < 1.29 is 14.3 Å². The van der Waals surface area contributed by atoms with Gasteiger partial charge in [0.1, 0.15) is 6.04 Å². The molecule has 1 aliphatic heterocycles. The minimum atomic E-state index is -0.547. The first kappa shape index (κ1) is 8.99. The topological polar surface area (TPSA) is 81.4 Å². The molecule has 1 amide bonds. The SMILES string of the molecule is CCOC(=O)C[C@@H]1NC(=O)[C@H]1N. The molecule has 0 aliphatic carbocycles. The second kappa shape index (κ2) is 3.53. The monoisotopic (exact) mass is 172 g/mol. The predicted octanol–water partition coefficient (Wildman–Crippen LogP) is -1.23. The van der Waals surface area contributed by atoms with E-state index in [1.165, 1.54) is 0 Å². The standard InChI is InChI=1S/C7H12N2O3/c1-2-12-5(10)3-4-6(8)7(11)9-4/h4,6H,2-3,8H2,1H3,(H,9,11)/t4-,6-/m0/s1. The number of hydrogen-bond acceptors (Lipinski definition) is 4. The van der Waals surface area contributed by atoms with Gasteiger partial charge in [0.25, 0.3) is 0 Å². The molecular weight excluding hydrogens is 160 g/mol. The van der Waals surface area contributed by atoms with Crippen LogP contribution in [-0.4, -0.2) is 30.6 Å². The van der Waals surface area contributed by atoms with Gasteiger partial charge < -0.3 is 15.8 Å². The van der Waals surface area contributed by atoms with Crippen molar-refractivity contribution in [3.63, 3.8) is 0 Å². The van der Waals surface area contributed by atoms with Crippen molar-refractivity contribution in [3.8, 4) is 0 Å². The lowest BCUT2D eigenvalue weighted by atomic mass is 9.97. The number of nitrogens with one attached hydrogen (secondary N) is 1. The van der Waals surface area contributed by atoms with E-state index in [1.807, 2.05) is 0 Å². The van der Waals surface area contributed by atoms with Crippen molar-refractivity contribution >= 4 is 11.9 Å². The number of ether oxygens (including phenoxy) is 1. The van der Waals surface area contributed by atoms with Crippen LogP contribution in [0.4, 0.5) is 0 Å². The van der Waals surface area contributed by atoms with Crippen LogP contribution in [0, 0.1) is 0 Å². The van der Waals surface area contributed by atoms with E-state index in [1.54, 1.807) is 6.92 Å². The minimum absolute atomic E-state index is 0.167. The summed E-state index contributed by atoms with van der Waals surface area (Å²) in [6, 6.07) is -0.786. The van der Waals surface area contributed by atoms with Crippen LogP contribution in [0.3, 0.4) is 0 Å². The highest BCUT2D eigenvalue weighted by Crippen LogP contribution is 2.08. The zero-order chi connectivity index (χ0) is 9.14. The van der Waals surface area contributed by atoms with Gasteiger partial charge in [-0.2, -0.15) is 0 Å². The lowest BCUT2D eigenvalue weighted by Gasteiger charge is -2.32. The lowest BCUT2D eigenvalue weighted by molar-refractivity contribution is -0.145. The van der Waals surface area contributed by atoms with E-state index in [4.69, 9.17) is 5.73 Å². The Morgan fingerprint density at radius 3 is 2.83 bits per heavy atom. The van der Waals surface area contributed by atoms with Crippen LogP contribution >= 0.6 is 0 Å². The first-order chi connectivity index (χ1) is 5.65. The van der Waals surface area contributed by atoms with Crippen LogP contribution in [-0.2, 0) is 14.3 Å². The number of rotatable bonds is 3. The fraction of sp³-hybridized carbons (Fsp3) is 0.714. The molecule has 68 valence electrons. The zero-order valence-electron chi connectivity index (χ0n) is 6.87. The average Bonchev–Trinajstić information content (AvgIpc) is 2.04. The summed E-state index contributed by atoms with van der Waals surface area (Å²) < 4.78 is 4.69. The second-order valence-electron chi connectivity index (χ2n) is 2.65. The van der Waals surface area contributed by atoms with E-state index in [2.05, 4.69) is 10.1 Å². The molecule has 0 radical (unpaired) electrons. The Kier molecular flexibility index (Phi) is 2.65. The fourth-order valence-corrected chi connectivity index (χ4v) is 1.03. The van der Waals surface area contributed by atoms with E-state index < -0.39 is 6.04 Å². The molecule has 0 aromatic rings. The Balaban J connectivity index is 2.24. The molecule has 0 bridgehead atoms. The molecule has 0 spiro atoms. The number of hydrogen-bond donors (Lipinski definition) is 2. The molecule has 5 nitrogen and oxygen atoms in total. The Labute approximate surface area is 70.2 Å². The zero-order valence-corrected chi connectivity index (χ0v) is 6.87. The Morgan fingerprint density at radius 1 is 1.75 bits per heavy atom. The minimum Gasteiger partial charge on any atom is -0.466 e. The van der Waals surface area contributed by atoms with Gasteiger partial charge >= 0.3 is 5.97 Å². The summed E-state index contributed by atoms with van der Waals surface area (Å²) in [5.74, 6) is -0.526. The van der Waals surface area contributed by atoms with Crippen molar-refractivity contribution in [1.82, 2.24) is 5.32 Å². The molecule has 0 aromatic carbocycles. The summed E-state index contributed by atoms with van der Waals surface area (Å²) in [5.41, 5.74) is 5.39. The van der Waals surface area contributed by atoms with Crippen LogP contribution in [0.15, 0.2) is 0 Å². The maximum Gasteiger partial charge on any atom is 0.307 e. The van der Waals surface area contributed by atoms with Gasteiger partial charge in [-0.15, -0.1) is 0 Å². The normalized spacial score (nSPS) is 27.3. The lowest BCUT2D eigenvalue weighted by Crippen LogP contribution is -2.67. The third-order valence-electron chi connectivity index (χ3n) is 1.76. The van der Waals surface area contributed by atoms with E-state index in [-0.39, 0.29) is 24.3 Å². The molecule has 1 aliphatic rings. The molecule has 0 aromatic heterocycles. The summed E-state index contributed by atoms with van der Waals surface area (Å²) in [6.07, 6.45) is 0.167. The number of amides is 1. The van der Waals surface area contributed by atoms with E-state index in [0.717, 1.165) is 0 Å². The predicted molar refractivity (Wildman–Crippen MR) is 41.2 cm³/mol. The van der Waals surface area contributed by atoms with Crippen molar-refractivity contribution in [2.24, 2.45) is 5.73 Å². The van der Waals surface area contributed by atoms with Crippen LogP contribution in [0.1, 0.15) is 13.3 Å². The van der Waals surface area contributed by atoms with Crippen LogP contribution in [0.25, 0.3) is 0 Å². The van der Waals surface area contributed by atoms with Crippen LogP contribution < -0.4 is 11.1 Å². The molecule has 2 atom stereocenters. The van der Waals surface area contributed by atoms with E-state index in [9.17, 15) is 9.59 Å². The van der Waals surface area contributed by atoms with Gasteiger partial charge in [0.05, 0.1) is 19.1 Å². The molecule has 3 N–H and O–H groups in total. The van der Waals surface area contributed by atoms with Crippen LogP contribution in [0.2, 0.25) is 0 Å².